The third-order valence-electron chi connectivity index (χ3n) is 8.93. The number of carbonyl (C=O) groups is 2. The number of phosphoric ester groups is 1. The number of aliphatic hydroxyl groups is 2. The van der Waals surface area contributed by atoms with E-state index >= 15 is 0 Å². The Balaban J connectivity index is 1.47. The number of rotatable bonds is 29. The Kier molecular flexibility index (Phi) is 20.9. The minimum atomic E-state index is -5.34. The fourth-order valence-corrected chi connectivity index (χ4v) is 8.99. The second kappa shape index (κ2) is 24.4. The highest BCUT2D eigenvalue weighted by Gasteiger charge is 2.46. The molecule has 3 rings (SSSR count). The summed E-state index contributed by atoms with van der Waals surface area (Å²) in [5.41, 5.74) is 4.76. The molecule has 1 aliphatic heterocycles. The number of hydrogen-bond acceptors (Lipinski definition) is 15. The van der Waals surface area contributed by atoms with Gasteiger partial charge in [0.2, 0.25) is 11.9 Å². The van der Waals surface area contributed by atoms with E-state index in [4.69, 9.17) is 40.2 Å². The van der Waals surface area contributed by atoms with E-state index in [0.29, 0.717) is 6.42 Å². The summed E-state index contributed by atoms with van der Waals surface area (Å²) in [6, 6.07) is -1.35. The summed E-state index contributed by atoms with van der Waals surface area (Å²) in [5.74, 6) is -2.01. The first-order chi connectivity index (χ1) is 26.7. The molecule has 320 valence electrons. The lowest BCUT2D eigenvalue weighted by Crippen LogP contribution is -2.35. The lowest BCUT2D eigenvalue weighted by molar-refractivity contribution is -0.145. The van der Waals surface area contributed by atoms with Gasteiger partial charge in [-0.2, -0.15) is 9.29 Å². The van der Waals surface area contributed by atoms with Gasteiger partial charge in [0.05, 0.1) is 26.1 Å². The number of unbranched alkanes of at least 4 members (excludes halogenated alkanes) is 13. The van der Waals surface area contributed by atoms with Crippen LogP contribution in [0.5, 0.6) is 0 Å². The second-order valence-electron chi connectivity index (χ2n) is 13.6. The van der Waals surface area contributed by atoms with Gasteiger partial charge in [-0.05, 0) is 13.3 Å². The number of imidazole rings is 1. The van der Waals surface area contributed by atoms with Crippen molar-refractivity contribution in [3.05, 3.63) is 16.7 Å². The summed E-state index contributed by atoms with van der Waals surface area (Å²) >= 11 is 5.46. The molecule has 2 unspecified atom stereocenters. The number of fused-ring (bicyclic) bond motifs is 1. The highest BCUT2D eigenvalue weighted by Crippen LogP contribution is 2.61. The number of anilines is 1. The Morgan fingerprint density at radius 3 is 2.21 bits per heavy atom. The number of alkyl halides is 1. The predicted octanol–water partition coefficient (Wildman–Crippen LogP) is 3.94. The van der Waals surface area contributed by atoms with Gasteiger partial charge in [0.25, 0.3) is 5.56 Å². The van der Waals surface area contributed by atoms with Crippen molar-refractivity contribution in [2.24, 2.45) is 0 Å². The molecule has 0 aromatic carbocycles. The van der Waals surface area contributed by atoms with Gasteiger partial charge in [0.15, 0.2) is 17.4 Å². The summed E-state index contributed by atoms with van der Waals surface area (Å²) in [4.78, 5) is 57.1. The van der Waals surface area contributed by atoms with Crippen LogP contribution in [0.3, 0.4) is 0 Å². The van der Waals surface area contributed by atoms with Crippen molar-refractivity contribution in [1.29, 1.82) is 0 Å². The van der Waals surface area contributed by atoms with Crippen LogP contribution in [0.15, 0.2) is 11.1 Å². The first-order valence-corrected chi connectivity index (χ1v) is 22.7. The van der Waals surface area contributed by atoms with E-state index in [1.54, 1.807) is 0 Å². The second-order valence-corrected chi connectivity index (χ2v) is 17.2. The molecule has 1 saturated heterocycles. The monoisotopic (exact) mass is 857 g/mol. The number of aromatic amines is 1. The molecule has 23 heteroatoms. The molecule has 56 heavy (non-hydrogen) atoms. The first kappa shape index (κ1) is 47.9. The van der Waals surface area contributed by atoms with Gasteiger partial charge in [-0.15, -0.1) is 11.6 Å². The molecule has 1 amide bonds. The Morgan fingerprint density at radius 1 is 1.00 bits per heavy atom. The van der Waals surface area contributed by atoms with Crippen molar-refractivity contribution in [2.45, 2.75) is 134 Å². The minimum absolute atomic E-state index is 0.0705. The fraction of sp³-hybridized carbons (Fsp3) is 0.788. The van der Waals surface area contributed by atoms with Crippen molar-refractivity contribution in [3.63, 3.8) is 0 Å². The number of nitrogen functional groups attached to an aromatic ring is 1. The minimum Gasteiger partial charge on any atom is -0.465 e. The van der Waals surface area contributed by atoms with E-state index in [1.165, 1.54) is 64.7 Å². The molecule has 7 atom stereocenters. The zero-order valence-corrected chi connectivity index (χ0v) is 34.6. The summed E-state index contributed by atoms with van der Waals surface area (Å²) in [5, 5.41) is 25.9. The standard InChI is InChI=1S/C33H58ClN7O13P2/c1-3-4-5-6-7-8-9-10-11-12-13-14-15-16-18-50-32(46)23(2)40-55(47,51-19-17-36-25(42)20-34)54-56(48,49)52-21-24-27(43)28(44)31(53-24)41-22-37-26-29(41)38-33(35)39-30(26)45/h22-24,27-28,31,43-44H,3-21H2,1-2H3,(H,36,42)(H,40,47)(H,48,49)(H3,35,38,39,45)/t23-,24-,27-,28-,31-,55?/m1/s1. The number of aromatic nitrogens is 4. The molecule has 8 N–H and O–H groups in total. The van der Waals surface area contributed by atoms with Gasteiger partial charge in [-0.3, -0.25) is 33.0 Å². The molecule has 2 aromatic heterocycles. The van der Waals surface area contributed by atoms with Crippen LogP contribution in [0.25, 0.3) is 11.2 Å². The van der Waals surface area contributed by atoms with Crippen LogP contribution in [-0.2, 0) is 41.6 Å². The highest BCUT2D eigenvalue weighted by molar-refractivity contribution is 7.63. The molecular formula is C33H58ClN7O13P2. The summed E-state index contributed by atoms with van der Waals surface area (Å²) in [6.45, 7) is 1.99. The molecule has 20 nitrogen and oxygen atoms in total. The van der Waals surface area contributed by atoms with Crippen LogP contribution in [0, 0.1) is 0 Å². The largest absolute Gasteiger partial charge is 0.480 e. The average Bonchev–Trinajstić information content (AvgIpc) is 3.69. The smallest absolute Gasteiger partial charge is 0.465 e. The molecular weight excluding hydrogens is 800 g/mol. The number of nitrogens with two attached hydrogens (primary N) is 1. The highest BCUT2D eigenvalue weighted by atomic mass is 35.5. The number of H-pyrrole nitrogens is 1. The van der Waals surface area contributed by atoms with Crippen LogP contribution in [0.4, 0.5) is 5.95 Å². The third-order valence-corrected chi connectivity index (χ3v) is 12.6. The summed E-state index contributed by atoms with van der Waals surface area (Å²) in [7, 11) is -10.2. The number of nitrogens with zero attached hydrogens (tertiary/aromatic N) is 3. The maximum atomic E-state index is 13.7. The van der Waals surface area contributed by atoms with Crippen LogP contribution >= 0.6 is 27.2 Å². The summed E-state index contributed by atoms with van der Waals surface area (Å²) < 4.78 is 53.9. The quantitative estimate of drug-likeness (QED) is 0.0264. The SMILES string of the molecule is CCCCCCCCCCCCCCCCOC(=O)[C@@H](C)NP(=O)(OCCNC(=O)CCl)OP(=O)(O)OC[C@H]1O[C@@H](n2cnc3c(=O)[nH]c(N)nc32)[C@H](O)[C@@H]1O. The number of phosphoric acid groups is 1. The lowest BCUT2D eigenvalue weighted by atomic mass is 10.0. The van der Waals surface area contributed by atoms with Crippen molar-refractivity contribution in [3.8, 4) is 0 Å². The Hall–Kier alpha value is -2.48. The van der Waals surface area contributed by atoms with Crippen molar-refractivity contribution in [1.82, 2.24) is 29.9 Å². The van der Waals surface area contributed by atoms with Crippen LogP contribution in [0.2, 0.25) is 0 Å². The maximum Gasteiger partial charge on any atom is 0.480 e. The van der Waals surface area contributed by atoms with Crippen LogP contribution in [-0.4, -0.2) is 103 Å². The van der Waals surface area contributed by atoms with E-state index in [2.05, 4.69) is 32.3 Å². The summed E-state index contributed by atoms with van der Waals surface area (Å²) in [6.07, 6.45) is 11.3. The van der Waals surface area contributed by atoms with Crippen LogP contribution < -0.4 is 21.7 Å². The molecule has 0 spiro atoms. The van der Waals surface area contributed by atoms with E-state index in [1.807, 2.05) is 0 Å². The number of amides is 1. The normalized spacial score (nSPS) is 21.1. The third kappa shape index (κ3) is 16.0. The van der Waals surface area contributed by atoms with Gasteiger partial charge in [-0.1, -0.05) is 90.4 Å². The van der Waals surface area contributed by atoms with E-state index < -0.39 is 76.8 Å². The van der Waals surface area contributed by atoms with Crippen molar-refractivity contribution < 1.29 is 56.7 Å². The zero-order chi connectivity index (χ0) is 41.1. The molecule has 0 aliphatic carbocycles. The predicted molar refractivity (Wildman–Crippen MR) is 207 cm³/mol. The van der Waals surface area contributed by atoms with E-state index in [9.17, 15) is 38.6 Å². The van der Waals surface area contributed by atoms with Gasteiger partial charge < -0.3 is 35.6 Å². The zero-order valence-electron chi connectivity index (χ0n) is 32.0. The number of ether oxygens (including phenoxy) is 2. The molecule has 2 aromatic rings. The van der Waals surface area contributed by atoms with Crippen molar-refractivity contribution >= 4 is 56.2 Å². The topological polar surface area (TPSA) is 289 Å². The molecule has 1 fully saturated rings. The van der Waals surface area contributed by atoms with Crippen molar-refractivity contribution in [2.75, 3.05) is 38.0 Å². The number of hydrogen-bond donors (Lipinski definition) is 7. The van der Waals surface area contributed by atoms with Gasteiger partial charge in [0, 0.05) is 6.54 Å². The van der Waals surface area contributed by atoms with Gasteiger partial charge >= 0.3 is 21.5 Å². The molecule has 3 heterocycles. The average molecular weight is 858 g/mol. The lowest BCUT2D eigenvalue weighted by Gasteiger charge is -2.24. The molecule has 0 saturated carbocycles. The number of esters is 1. The fourth-order valence-electron chi connectivity index (χ4n) is 5.93. The molecule has 0 radical (unpaired) electrons. The molecule has 1 aliphatic rings. The van der Waals surface area contributed by atoms with Crippen LogP contribution in [0.1, 0.15) is 110 Å². The Labute approximate surface area is 331 Å². The van der Waals surface area contributed by atoms with Gasteiger partial charge in [0.1, 0.15) is 30.2 Å². The van der Waals surface area contributed by atoms with E-state index in [0.717, 1.165) is 36.6 Å². The number of halogens is 1. The number of nitrogens with one attached hydrogen (secondary N) is 3. The van der Waals surface area contributed by atoms with Gasteiger partial charge in [-0.25, -0.2) is 19.2 Å². The first-order valence-electron chi connectivity index (χ1n) is 19.1. The molecule has 0 bridgehead atoms. The van der Waals surface area contributed by atoms with E-state index in [-0.39, 0.29) is 36.1 Å². The Morgan fingerprint density at radius 2 is 1.61 bits per heavy atom. The Bertz CT molecular complexity index is 1670. The number of aliphatic hydroxyl groups excluding tert-OH is 2. The number of carbonyl (C=O) groups excluding carboxylic acids is 2. The maximum absolute atomic E-state index is 13.7.